The number of nitrogens with one attached hydrogen (secondary N) is 1. The van der Waals surface area contributed by atoms with E-state index >= 15 is 0 Å². The normalized spacial score (nSPS) is 21.7. The van der Waals surface area contributed by atoms with Gasteiger partial charge >= 0.3 is 12.1 Å². The molecule has 12 nitrogen and oxygen atoms in total. The van der Waals surface area contributed by atoms with Crippen LogP contribution in [0.1, 0.15) is 95.5 Å². The summed E-state index contributed by atoms with van der Waals surface area (Å²) in [6.45, 7) is 1.31. The van der Waals surface area contributed by atoms with Crippen LogP contribution >= 0.6 is 11.3 Å². The number of hydrogen-bond acceptors (Lipinski definition) is 10. The molecule has 2 aromatic carbocycles. The van der Waals surface area contributed by atoms with E-state index in [1.807, 2.05) is 60.7 Å². The molecule has 13 heteroatoms. The van der Waals surface area contributed by atoms with Crippen molar-refractivity contribution < 1.29 is 33.4 Å². The van der Waals surface area contributed by atoms with Gasteiger partial charge in [-0.2, -0.15) is 0 Å². The Kier molecular flexibility index (Phi) is 13.2. The largest absolute Gasteiger partial charge is 0.456 e. The number of aromatic nitrogens is 1. The highest BCUT2D eigenvalue weighted by atomic mass is 32.1. The van der Waals surface area contributed by atoms with Crippen molar-refractivity contribution >= 4 is 41.0 Å². The summed E-state index contributed by atoms with van der Waals surface area (Å²) in [5, 5.41) is 2.93. The molecule has 6 rings (SSSR count). The second kappa shape index (κ2) is 18.4. The number of thiazole rings is 1. The summed E-state index contributed by atoms with van der Waals surface area (Å²) in [7, 11) is 0. The number of Topliss-reactive ketones (excluding diaryl/α,β-unsaturated/α-hetero) is 1. The quantitative estimate of drug-likeness (QED) is 0.127. The number of carbonyl (C=O) groups excluding carboxylic acids is 5. The number of ether oxygens (including phenoxy) is 2. The number of amides is 3. The molecule has 0 spiro atoms. The first-order chi connectivity index (χ1) is 25.9. The molecule has 3 amide bonds. The molecule has 3 unspecified atom stereocenters. The standard InChI is InChI=1S/C40H48N5O7S/c41-21-10-9-18-31(35(46)36-33(42-26-53-36)39(49)51-24-27-12-3-1-4-13-27)43-37(47)32-19-11-22-44(32)38(48)34-30-17-8-7-16-29(30)20-23-45(34)40(50)52-25-28-14-5-2-6-15-28/h1-6,12-15,29-32,34H,7-11,16-25,41H2,(H,43,47)/t29?,30?,31?,32-,34+/m0/s1. The predicted octanol–water partition coefficient (Wildman–Crippen LogP) is 5.31. The highest BCUT2D eigenvalue weighted by Gasteiger charge is 2.49. The molecule has 2 aliphatic heterocycles. The fraction of sp³-hybridized carbons (Fsp3) is 0.500. The molecule has 3 aliphatic rings. The molecule has 2 saturated heterocycles. The minimum absolute atomic E-state index is 0.0117. The summed E-state index contributed by atoms with van der Waals surface area (Å²) in [6, 6.07) is 16.1. The zero-order valence-corrected chi connectivity index (χ0v) is 30.8. The van der Waals surface area contributed by atoms with E-state index in [0.29, 0.717) is 51.2 Å². The number of nitrogens with two attached hydrogens (primary N) is 1. The van der Waals surface area contributed by atoms with Crippen LogP contribution in [0, 0.1) is 17.3 Å². The zero-order chi connectivity index (χ0) is 37.2. The highest BCUT2D eigenvalue weighted by molar-refractivity contribution is 7.11. The monoisotopic (exact) mass is 742 g/mol. The first-order valence-corrected chi connectivity index (χ1v) is 19.6. The number of unbranched alkanes of at least 4 members (excludes halogenated alkanes) is 1. The number of likely N-dealkylation sites (tertiary alicyclic amines) is 2. The van der Waals surface area contributed by atoms with Gasteiger partial charge in [0.05, 0.1) is 6.04 Å². The van der Waals surface area contributed by atoms with Gasteiger partial charge in [-0.15, -0.1) is 11.3 Å². The van der Waals surface area contributed by atoms with E-state index in [0.717, 1.165) is 54.6 Å². The molecular weight excluding hydrogens is 695 g/mol. The van der Waals surface area contributed by atoms with Gasteiger partial charge in [-0.1, -0.05) is 79.9 Å². The Bertz CT molecular complexity index is 1720. The van der Waals surface area contributed by atoms with E-state index in [4.69, 9.17) is 15.2 Å². The Labute approximate surface area is 314 Å². The molecule has 3 fully saturated rings. The molecule has 0 bridgehead atoms. The van der Waals surface area contributed by atoms with Crippen LogP contribution in [0.4, 0.5) is 4.79 Å². The molecule has 3 N–H and O–H groups in total. The average Bonchev–Trinajstić information content (AvgIpc) is 3.90. The SMILES string of the molecule is NCCCCC(NC(=O)[C@@H]1CCCN1C(=O)[C@H]1C2CCCCC2CCN1C(=O)OCc1ccccc1)C(=O)c1s[c]nc1C(=O)OCc1ccccc1. The average molecular weight is 743 g/mol. The topological polar surface area (TPSA) is 161 Å². The van der Waals surface area contributed by atoms with Crippen molar-refractivity contribution in [1.82, 2.24) is 20.1 Å². The number of fused-ring (bicyclic) bond motifs is 1. The lowest BCUT2D eigenvalue weighted by molar-refractivity contribution is -0.147. The van der Waals surface area contributed by atoms with Gasteiger partial charge in [0.2, 0.25) is 11.8 Å². The number of rotatable bonds is 14. The van der Waals surface area contributed by atoms with Crippen LogP contribution in [0.15, 0.2) is 60.7 Å². The van der Waals surface area contributed by atoms with Crippen molar-refractivity contribution in [2.24, 2.45) is 17.6 Å². The molecule has 53 heavy (non-hydrogen) atoms. The van der Waals surface area contributed by atoms with Crippen LogP contribution in [0.3, 0.4) is 0 Å². The molecule has 5 atom stereocenters. The second-order valence-corrected chi connectivity index (χ2v) is 14.9. The number of nitrogens with zero attached hydrogens (tertiary/aromatic N) is 3. The minimum Gasteiger partial charge on any atom is -0.456 e. The Hall–Kier alpha value is -4.62. The van der Waals surface area contributed by atoms with Crippen molar-refractivity contribution in [2.45, 2.75) is 95.5 Å². The zero-order valence-electron chi connectivity index (χ0n) is 30.0. The van der Waals surface area contributed by atoms with Gasteiger partial charge in [0.25, 0.3) is 0 Å². The number of ketones is 1. The van der Waals surface area contributed by atoms with Gasteiger partial charge < -0.3 is 25.4 Å². The summed E-state index contributed by atoms with van der Waals surface area (Å²) in [4.78, 5) is 76.6. The maximum Gasteiger partial charge on any atom is 0.410 e. The maximum atomic E-state index is 14.6. The highest BCUT2D eigenvalue weighted by Crippen LogP contribution is 2.41. The smallest absolute Gasteiger partial charge is 0.410 e. The van der Waals surface area contributed by atoms with Crippen LogP contribution in [0.2, 0.25) is 0 Å². The maximum absolute atomic E-state index is 14.6. The Balaban J connectivity index is 1.17. The Morgan fingerprint density at radius 2 is 1.55 bits per heavy atom. The Morgan fingerprint density at radius 3 is 2.26 bits per heavy atom. The third kappa shape index (κ3) is 9.31. The van der Waals surface area contributed by atoms with Gasteiger partial charge in [-0.3, -0.25) is 19.3 Å². The number of benzene rings is 2. The van der Waals surface area contributed by atoms with Gasteiger partial charge in [0, 0.05) is 13.1 Å². The lowest BCUT2D eigenvalue weighted by Crippen LogP contribution is -2.61. The van der Waals surface area contributed by atoms with Gasteiger partial charge in [-0.05, 0) is 74.5 Å². The minimum atomic E-state index is -0.983. The van der Waals surface area contributed by atoms with Crippen molar-refractivity contribution in [3.05, 3.63) is 87.9 Å². The molecule has 1 saturated carbocycles. The fourth-order valence-electron chi connectivity index (χ4n) is 7.98. The molecule has 1 radical (unpaired) electrons. The van der Waals surface area contributed by atoms with Crippen LogP contribution in [-0.4, -0.2) is 82.2 Å². The lowest BCUT2D eigenvalue weighted by Gasteiger charge is -2.47. The third-order valence-corrected chi connectivity index (χ3v) is 11.5. The number of piperidine rings is 1. The van der Waals surface area contributed by atoms with Gasteiger partial charge in [0.1, 0.15) is 30.2 Å². The van der Waals surface area contributed by atoms with Crippen LogP contribution < -0.4 is 11.1 Å². The molecule has 3 aromatic rings. The van der Waals surface area contributed by atoms with Gasteiger partial charge in [0.15, 0.2) is 17.0 Å². The summed E-state index contributed by atoms with van der Waals surface area (Å²) < 4.78 is 11.2. The second-order valence-electron chi connectivity index (χ2n) is 14.1. The molecule has 1 aromatic heterocycles. The number of esters is 1. The molecule has 281 valence electrons. The van der Waals surface area contributed by atoms with E-state index in [1.165, 1.54) is 0 Å². The van der Waals surface area contributed by atoms with Crippen LogP contribution in [0.25, 0.3) is 0 Å². The summed E-state index contributed by atoms with van der Waals surface area (Å²) in [5.74, 6) is -1.62. The first-order valence-electron chi connectivity index (χ1n) is 18.8. The van der Waals surface area contributed by atoms with E-state index in [2.05, 4.69) is 15.8 Å². The Morgan fingerprint density at radius 1 is 0.849 bits per heavy atom. The first kappa shape index (κ1) is 38.1. The van der Waals surface area contributed by atoms with Crippen molar-refractivity contribution in [3.8, 4) is 0 Å². The van der Waals surface area contributed by atoms with E-state index in [9.17, 15) is 24.0 Å². The molecule has 1 aliphatic carbocycles. The van der Waals surface area contributed by atoms with Crippen LogP contribution in [0.5, 0.6) is 0 Å². The predicted molar refractivity (Wildman–Crippen MR) is 198 cm³/mol. The number of hydrogen-bond donors (Lipinski definition) is 2. The van der Waals surface area contributed by atoms with E-state index in [1.54, 1.807) is 9.80 Å². The summed E-state index contributed by atoms with van der Waals surface area (Å²) >= 11 is 0.898. The van der Waals surface area contributed by atoms with Gasteiger partial charge in [-0.25, -0.2) is 14.6 Å². The van der Waals surface area contributed by atoms with Crippen molar-refractivity contribution in [3.63, 3.8) is 0 Å². The lowest BCUT2D eigenvalue weighted by atomic mass is 9.70. The fourth-order valence-corrected chi connectivity index (χ4v) is 8.68. The molecular formula is C40H48N5O7S. The van der Waals surface area contributed by atoms with E-state index < -0.39 is 41.9 Å². The van der Waals surface area contributed by atoms with Crippen molar-refractivity contribution in [1.29, 1.82) is 0 Å². The number of carbonyl (C=O) groups is 5. The van der Waals surface area contributed by atoms with E-state index in [-0.39, 0.29) is 42.0 Å². The summed E-state index contributed by atoms with van der Waals surface area (Å²) in [6.07, 6.45) is 6.70. The molecule has 3 heterocycles. The van der Waals surface area contributed by atoms with Crippen molar-refractivity contribution in [2.75, 3.05) is 19.6 Å². The van der Waals surface area contributed by atoms with Crippen LogP contribution in [-0.2, 0) is 32.3 Å². The summed E-state index contributed by atoms with van der Waals surface area (Å²) in [5.41, 5.74) is 9.89. The third-order valence-electron chi connectivity index (χ3n) is 10.7.